The molecular weight excluding hydrogens is 198 g/mol. The standard InChI is InChI=1S/C11H14ClNO/c1-7-5-9(12)6-10-11(7)14-8(2)3-4-13-10/h5-6,8,13H,3-4H2,1-2H3. The number of anilines is 1. The number of hydrogen-bond donors (Lipinski definition) is 1. The smallest absolute Gasteiger partial charge is 0.145 e. The average Bonchev–Trinajstić information content (AvgIpc) is 2.27. The minimum Gasteiger partial charge on any atom is -0.488 e. The largest absolute Gasteiger partial charge is 0.488 e. The van der Waals surface area contributed by atoms with Crippen LogP contribution in [0.25, 0.3) is 0 Å². The predicted octanol–water partition coefficient (Wildman–Crippen LogP) is 3.23. The average molecular weight is 212 g/mol. The van der Waals surface area contributed by atoms with Crippen molar-refractivity contribution in [2.75, 3.05) is 11.9 Å². The molecule has 1 aromatic carbocycles. The van der Waals surface area contributed by atoms with Crippen LogP contribution >= 0.6 is 11.6 Å². The van der Waals surface area contributed by atoms with Crippen molar-refractivity contribution in [2.24, 2.45) is 0 Å². The Labute approximate surface area is 89.2 Å². The van der Waals surface area contributed by atoms with E-state index in [0.29, 0.717) is 0 Å². The van der Waals surface area contributed by atoms with Crippen molar-refractivity contribution in [1.29, 1.82) is 0 Å². The first kappa shape index (κ1) is 9.66. The highest BCUT2D eigenvalue weighted by Gasteiger charge is 2.15. The minimum atomic E-state index is 0.267. The lowest BCUT2D eigenvalue weighted by atomic mass is 10.2. The third-order valence-corrected chi connectivity index (χ3v) is 2.64. The highest BCUT2D eigenvalue weighted by atomic mass is 35.5. The van der Waals surface area contributed by atoms with Gasteiger partial charge in [0.05, 0.1) is 11.8 Å². The molecule has 2 nitrogen and oxygen atoms in total. The van der Waals surface area contributed by atoms with E-state index in [1.54, 1.807) is 0 Å². The monoisotopic (exact) mass is 211 g/mol. The van der Waals surface area contributed by atoms with E-state index in [1.165, 1.54) is 0 Å². The maximum absolute atomic E-state index is 5.98. The van der Waals surface area contributed by atoms with Gasteiger partial charge >= 0.3 is 0 Å². The van der Waals surface area contributed by atoms with Crippen molar-refractivity contribution in [3.8, 4) is 5.75 Å². The van der Waals surface area contributed by atoms with E-state index in [9.17, 15) is 0 Å². The molecule has 1 aliphatic rings. The number of hydrogen-bond acceptors (Lipinski definition) is 2. The van der Waals surface area contributed by atoms with Crippen molar-refractivity contribution in [3.63, 3.8) is 0 Å². The topological polar surface area (TPSA) is 21.3 Å². The molecule has 1 atom stereocenters. The molecule has 1 heterocycles. The molecule has 1 N–H and O–H groups in total. The van der Waals surface area contributed by atoms with E-state index >= 15 is 0 Å². The first-order valence-electron chi connectivity index (χ1n) is 4.87. The fraction of sp³-hybridized carbons (Fsp3) is 0.455. The van der Waals surface area contributed by atoms with Gasteiger partial charge in [0.2, 0.25) is 0 Å². The van der Waals surface area contributed by atoms with Crippen LogP contribution in [0.5, 0.6) is 5.75 Å². The third kappa shape index (κ3) is 1.80. The van der Waals surface area contributed by atoms with Crippen LogP contribution in [-0.4, -0.2) is 12.6 Å². The van der Waals surface area contributed by atoms with E-state index in [0.717, 1.165) is 35.0 Å². The maximum atomic E-state index is 5.98. The molecule has 76 valence electrons. The van der Waals surface area contributed by atoms with Crippen LogP contribution in [0.1, 0.15) is 18.9 Å². The van der Waals surface area contributed by atoms with E-state index in [-0.39, 0.29) is 6.10 Å². The summed E-state index contributed by atoms with van der Waals surface area (Å²) in [6, 6.07) is 3.85. The molecule has 0 amide bonds. The second kappa shape index (κ2) is 3.70. The summed E-state index contributed by atoms with van der Waals surface area (Å²) in [4.78, 5) is 0. The molecule has 0 aromatic heterocycles. The van der Waals surface area contributed by atoms with Gasteiger partial charge in [-0.15, -0.1) is 0 Å². The van der Waals surface area contributed by atoms with Crippen molar-refractivity contribution >= 4 is 17.3 Å². The Balaban J connectivity index is 2.45. The van der Waals surface area contributed by atoms with E-state index in [1.807, 2.05) is 19.1 Å². The number of aryl methyl sites for hydroxylation is 1. The zero-order valence-electron chi connectivity index (χ0n) is 8.43. The van der Waals surface area contributed by atoms with Gasteiger partial charge < -0.3 is 10.1 Å². The number of benzene rings is 1. The van der Waals surface area contributed by atoms with Gasteiger partial charge in [-0.2, -0.15) is 0 Å². The maximum Gasteiger partial charge on any atom is 0.145 e. The Kier molecular flexibility index (Phi) is 2.55. The fourth-order valence-corrected chi connectivity index (χ4v) is 1.96. The van der Waals surface area contributed by atoms with Crippen LogP contribution in [0.4, 0.5) is 5.69 Å². The lowest BCUT2D eigenvalue weighted by Gasteiger charge is -2.14. The molecule has 14 heavy (non-hydrogen) atoms. The van der Waals surface area contributed by atoms with Gasteiger partial charge in [-0.25, -0.2) is 0 Å². The van der Waals surface area contributed by atoms with Crippen molar-refractivity contribution < 1.29 is 4.74 Å². The molecule has 0 aliphatic carbocycles. The van der Waals surface area contributed by atoms with Crippen LogP contribution in [0, 0.1) is 6.92 Å². The SMILES string of the molecule is Cc1cc(Cl)cc2c1OC(C)CCN2. The van der Waals surface area contributed by atoms with Crippen LogP contribution in [0.15, 0.2) is 12.1 Å². The summed E-state index contributed by atoms with van der Waals surface area (Å²) in [6.45, 7) is 5.04. The van der Waals surface area contributed by atoms with Gasteiger partial charge in [0.1, 0.15) is 5.75 Å². The van der Waals surface area contributed by atoms with Gasteiger partial charge in [0.15, 0.2) is 0 Å². The predicted molar refractivity (Wildman–Crippen MR) is 59.4 cm³/mol. The lowest BCUT2D eigenvalue weighted by molar-refractivity contribution is 0.220. The summed E-state index contributed by atoms with van der Waals surface area (Å²) in [5.41, 5.74) is 2.10. The van der Waals surface area contributed by atoms with Gasteiger partial charge in [-0.1, -0.05) is 11.6 Å². The molecule has 0 spiro atoms. The Morgan fingerprint density at radius 3 is 3.07 bits per heavy atom. The molecule has 0 saturated heterocycles. The first-order valence-corrected chi connectivity index (χ1v) is 5.25. The molecular formula is C11H14ClNO. The van der Waals surface area contributed by atoms with Gasteiger partial charge in [-0.3, -0.25) is 0 Å². The van der Waals surface area contributed by atoms with Crippen molar-refractivity contribution in [1.82, 2.24) is 0 Å². The number of halogens is 1. The highest BCUT2D eigenvalue weighted by molar-refractivity contribution is 6.31. The summed E-state index contributed by atoms with van der Waals surface area (Å²) in [5.74, 6) is 0.944. The second-order valence-corrected chi connectivity index (χ2v) is 4.18. The Morgan fingerprint density at radius 1 is 1.50 bits per heavy atom. The van der Waals surface area contributed by atoms with E-state index in [2.05, 4.69) is 12.2 Å². The molecule has 0 radical (unpaired) electrons. The number of ether oxygens (including phenoxy) is 1. The summed E-state index contributed by atoms with van der Waals surface area (Å²) in [6.07, 6.45) is 1.29. The molecule has 0 saturated carbocycles. The zero-order valence-corrected chi connectivity index (χ0v) is 9.19. The van der Waals surface area contributed by atoms with E-state index < -0.39 is 0 Å². The van der Waals surface area contributed by atoms with Gasteiger partial charge in [0.25, 0.3) is 0 Å². The number of nitrogens with one attached hydrogen (secondary N) is 1. The summed E-state index contributed by atoms with van der Waals surface area (Å²) < 4.78 is 5.82. The summed E-state index contributed by atoms with van der Waals surface area (Å²) >= 11 is 5.98. The Bertz CT molecular complexity index is 351. The molecule has 0 fully saturated rings. The Morgan fingerprint density at radius 2 is 2.29 bits per heavy atom. The van der Waals surface area contributed by atoms with Gasteiger partial charge in [-0.05, 0) is 31.5 Å². The molecule has 1 unspecified atom stereocenters. The zero-order chi connectivity index (χ0) is 10.1. The summed E-state index contributed by atoms with van der Waals surface area (Å²) in [7, 11) is 0. The van der Waals surface area contributed by atoms with Gasteiger partial charge in [0, 0.05) is 18.0 Å². The normalized spacial score (nSPS) is 20.4. The molecule has 0 bridgehead atoms. The van der Waals surface area contributed by atoms with Crippen LogP contribution in [0.3, 0.4) is 0 Å². The molecule has 2 rings (SSSR count). The molecule has 3 heteroatoms. The summed E-state index contributed by atoms with van der Waals surface area (Å²) in [5, 5.41) is 4.08. The molecule has 1 aliphatic heterocycles. The number of fused-ring (bicyclic) bond motifs is 1. The van der Waals surface area contributed by atoms with E-state index in [4.69, 9.17) is 16.3 Å². The van der Waals surface area contributed by atoms with Crippen LogP contribution in [0.2, 0.25) is 5.02 Å². The quantitative estimate of drug-likeness (QED) is 0.712. The van der Waals surface area contributed by atoms with Crippen molar-refractivity contribution in [2.45, 2.75) is 26.4 Å². The highest BCUT2D eigenvalue weighted by Crippen LogP contribution is 2.34. The minimum absolute atomic E-state index is 0.267. The van der Waals surface area contributed by atoms with Crippen LogP contribution < -0.4 is 10.1 Å². The fourth-order valence-electron chi connectivity index (χ4n) is 1.69. The van der Waals surface area contributed by atoms with Crippen molar-refractivity contribution in [3.05, 3.63) is 22.7 Å². The van der Waals surface area contributed by atoms with Crippen LogP contribution in [-0.2, 0) is 0 Å². The first-order chi connectivity index (χ1) is 6.66. The number of rotatable bonds is 0. The molecule has 1 aromatic rings. The lowest BCUT2D eigenvalue weighted by Crippen LogP contribution is -2.12. The second-order valence-electron chi connectivity index (χ2n) is 3.74. The Hall–Kier alpha value is -0.890. The third-order valence-electron chi connectivity index (χ3n) is 2.42.